The summed E-state index contributed by atoms with van der Waals surface area (Å²) in [5, 5.41) is 3.44. The molecule has 14 heavy (non-hydrogen) atoms. The smallest absolute Gasteiger partial charge is 0.0181 e. The van der Waals surface area contributed by atoms with E-state index in [1.165, 1.54) is 25.1 Å². The Balaban J connectivity index is 3.52. The Hall–Kier alpha value is 0.270. The number of thioether (sulfide) groups is 1. The maximum atomic E-state index is 3.44. The molecule has 0 aromatic heterocycles. The third-order valence-electron chi connectivity index (χ3n) is 2.52. The van der Waals surface area contributed by atoms with Gasteiger partial charge in [0, 0.05) is 24.9 Å². The summed E-state index contributed by atoms with van der Waals surface area (Å²) < 4.78 is 0. The van der Waals surface area contributed by atoms with Crippen LogP contribution in [0.3, 0.4) is 0 Å². The molecule has 0 aliphatic rings. The van der Waals surface area contributed by atoms with Crippen molar-refractivity contribution in [2.75, 3.05) is 38.7 Å². The van der Waals surface area contributed by atoms with Crippen molar-refractivity contribution in [3.8, 4) is 0 Å². The molecule has 0 radical (unpaired) electrons. The lowest BCUT2D eigenvalue weighted by Gasteiger charge is -2.26. The van der Waals surface area contributed by atoms with Crippen LogP contribution in [-0.2, 0) is 0 Å². The summed E-state index contributed by atoms with van der Waals surface area (Å²) >= 11 is 1.94. The lowest BCUT2D eigenvalue weighted by atomic mass is 10.2. The maximum Gasteiger partial charge on any atom is 0.0181 e. The Labute approximate surface area is 93.8 Å². The van der Waals surface area contributed by atoms with Crippen LogP contribution in [0.5, 0.6) is 0 Å². The van der Waals surface area contributed by atoms with Crippen LogP contribution in [0, 0.1) is 0 Å². The fraction of sp³-hybridized carbons (Fsp3) is 1.00. The van der Waals surface area contributed by atoms with Crippen LogP contribution in [0.2, 0.25) is 0 Å². The molecule has 0 fully saturated rings. The zero-order valence-electron chi connectivity index (χ0n) is 10.2. The summed E-state index contributed by atoms with van der Waals surface area (Å²) in [6.07, 6.45) is 4.67. The minimum Gasteiger partial charge on any atom is -0.315 e. The highest BCUT2D eigenvalue weighted by Crippen LogP contribution is 2.07. The highest BCUT2D eigenvalue weighted by atomic mass is 32.2. The molecule has 0 rings (SSSR count). The average molecular weight is 218 g/mol. The highest BCUT2D eigenvalue weighted by Gasteiger charge is 2.10. The van der Waals surface area contributed by atoms with E-state index < -0.39 is 0 Å². The zero-order valence-corrected chi connectivity index (χ0v) is 11.0. The molecule has 0 saturated carbocycles. The van der Waals surface area contributed by atoms with Gasteiger partial charge < -0.3 is 10.2 Å². The lowest BCUT2D eigenvalue weighted by molar-refractivity contribution is 0.256. The molecule has 0 saturated heterocycles. The first kappa shape index (κ1) is 14.3. The summed E-state index contributed by atoms with van der Waals surface area (Å²) in [4.78, 5) is 2.47. The quantitative estimate of drug-likeness (QED) is 0.596. The lowest BCUT2D eigenvalue weighted by Crippen LogP contribution is -2.38. The Morgan fingerprint density at radius 1 is 1.29 bits per heavy atom. The fourth-order valence-corrected chi connectivity index (χ4v) is 2.36. The number of hydrogen-bond acceptors (Lipinski definition) is 3. The van der Waals surface area contributed by atoms with Gasteiger partial charge in [-0.1, -0.05) is 13.8 Å². The third kappa shape index (κ3) is 6.68. The van der Waals surface area contributed by atoms with Gasteiger partial charge in [-0.3, -0.25) is 0 Å². The summed E-state index contributed by atoms with van der Waals surface area (Å²) in [7, 11) is 2.23. The van der Waals surface area contributed by atoms with Crippen LogP contribution in [0.4, 0.5) is 0 Å². The average Bonchev–Trinajstić information content (AvgIpc) is 2.20. The number of nitrogens with zero attached hydrogens (tertiary/aromatic N) is 1. The van der Waals surface area contributed by atoms with E-state index in [1.54, 1.807) is 0 Å². The highest BCUT2D eigenvalue weighted by molar-refractivity contribution is 7.98. The molecule has 0 bridgehead atoms. The Morgan fingerprint density at radius 2 is 2.00 bits per heavy atom. The number of likely N-dealkylation sites (N-methyl/N-ethyl adjacent to an activating group) is 1. The molecule has 0 amide bonds. The Bertz CT molecular complexity index is 120. The zero-order chi connectivity index (χ0) is 10.8. The molecule has 0 spiro atoms. The fourth-order valence-electron chi connectivity index (χ4n) is 1.49. The Kier molecular flexibility index (Phi) is 10.0. The van der Waals surface area contributed by atoms with E-state index >= 15 is 0 Å². The molecule has 2 nitrogen and oxygen atoms in total. The van der Waals surface area contributed by atoms with Gasteiger partial charge in [0.2, 0.25) is 0 Å². The molecule has 0 aliphatic heterocycles. The third-order valence-corrected chi connectivity index (χ3v) is 3.24. The van der Waals surface area contributed by atoms with Gasteiger partial charge in [-0.15, -0.1) is 0 Å². The van der Waals surface area contributed by atoms with Crippen LogP contribution in [-0.4, -0.2) is 49.6 Å². The van der Waals surface area contributed by atoms with Crippen molar-refractivity contribution in [3.63, 3.8) is 0 Å². The standard InChI is InChI=1S/C11H26N2S/c1-5-7-12-8-9-13(3)11(6-2)10-14-4/h11-12H,5-10H2,1-4H3. The largest absolute Gasteiger partial charge is 0.315 e. The summed E-state index contributed by atoms with van der Waals surface area (Å²) in [6, 6.07) is 0.744. The van der Waals surface area contributed by atoms with Crippen LogP contribution < -0.4 is 5.32 Å². The topological polar surface area (TPSA) is 15.3 Å². The molecule has 1 unspecified atom stereocenters. The van der Waals surface area contributed by atoms with Crippen molar-refractivity contribution < 1.29 is 0 Å². The molecule has 0 aromatic rings. The minimum absolute atomic E-state index is 0.744. The molecule has 0 heterocycles. The van der Waals surface area contributed by atoms with E-state index in [1.807, 2.05) is 11.8 Å². The van der Waals surface area contributed by atoms with Crippen molar-refractivity contribution >= 4 is 11.8 Å². The van der Waals surface area contributed by atoms with Crippen LogP contribution in [0.25, 0.3) is 0 Å². The van der Waals surface area contributed by atoms with Crippen molar-refractivity contribution in [2.24, 2.45) is 0 Å². The van der Waals surface area contributed by atoms with Crippen LogP contribution in [0.1, 0.15) is 26.7 Å². The Morgan fingerprint density at radius 3 is 2.50 bits per heavy atom. The second-order valence-corrected chi connectivity index (χ2v) is 4.66. The second kappa shape index (κ2) is 9.81. The minimum atomic E-state index is 0.744. The number of nitrogens with one attached hydrogen (secondary N) is 1. The normalized spacial score (nSPS) is 13.5. The molecular formula is C11H26N2S. The van der Waals surface area contributed by atoms with Gasteiger partial charge in [-0.05, 0) is 32.7 Å². The predicted octanol–water partition coefficient (Wildman–Crippen LogP) is 2.06. The van der Waals surface area contributed by atoms with Crippen molar-refractivity contribution in [2.45, 2.75) is 32.7 Å². The number of hydrogen-bond donors (Lipinski definition) is 1. The van der Waals surface area contributed by atoms with E-state index in [-0.39, 0.29) is 0 Å². The van der Waals surface area contributed by atoms with Gasteiger partial charge in [0.1, 0.15) is 0 Å². The van der Waals surface area contributed by atoms with Crippen molar-refractivity contribution in [1.82, 2.24) is 10.2 Å². The number of rotatable bonds is 9. The predicted molar refractivity (Wildman–Crippen MR) is 68.3 cm³/mol. The first-order valence-electron chi connectivity index (χ1n) is 5.66. The van der Waals surface area contributed by atoms with Crippen LogP contribution in [0.15, 0.2) is 0 Å². The molecule has 1 atom stereocenters. The van der Waals surface area contributed by atoms with Gasteiger partial charge in [-0.2, -0.15) is 11.8 Å². The van der Waals surface area contributed by atoms with Gasteiger partial charge in [-0.25, -0.2) is 0 Å². The molecule has 86 valence electrons. The SMILES string of the molecule is CCCNCCN(C)C(CC)CSC. The van der Waals surface area contributed by atoms with Gasteiger partial charge >= 0.3 is 0 Å². The second-order valence-electron chi connectivity index (χ2n) is 3.75. The van der Waals surface area contributed by atoms with E-state index in [0.717, 1.165) is 19.1 Å². The van der Waals surface area contributed by atoms with E-state index in [4.69, 9.17) is 0 Å². The molecule has 3 heteroatoms. The van der Waals surface area contributed by atoms with Crippen LogP contribution >= 0.6 is 11.8 Å². The molecule has 1 N–H and O–H groups in total. The van der Waals surface area contributed by atoms with Crippen molar-refractivity contribution in [1.29, 1.82) is 0 Å². The van der Waals surface area contributed by atoms with Gasteiger partial charge in [0.15, 0.2) is 0 Å². The van der Waals surface area contributed by atoms with E-state index in [9.17, 15) is 0 Å². The van der Waals surface area contributed by atoms with Gasteiger partial charge in [0.05, 0.1) is 0 Å². The first-order valence-corrected chi connectivity index (χ1v) is 7.05. The summed E-state index contributed by atoms with van der Waals surface area (Å²) in [5.74, 6) is 1.25. The molecular weight excluding hydrogens is 192 g/mol. The molecule has 0 aliphatic carbocycles. The maximum absolute atomic E-state index is 3.44. The monoisotopic (exact) mass is 218 g/mol. The van der Waals surface area contributed by atoms with Gasteiger partial charge in [0.25, 0.3) is 0 Å². The molecule has 0 aromatic carbocycles. The van der Waals surface area contributed by atoms with E-state index in [2.05, 4.69) is 37.4 Å². The first-order chi connectivity index (χ1) is 6.76. The van der Waals surface area contributed by atoms with Crippen molar-refractivity contribution in [3.05, 3.63) is 0 Å². The summed E-state index contributed by atoms with van der Waals surface area (Å²) in [5.41, 5.74) is 0. The summed E-state index contributed by atoms with van der Waals surface area (Å²) in [6.45, 7) is 7.91. The van der Waals surface area contributed by atoms with E-state index in [0.29, 0.717) is 0 Å².